The minimum absolute atomic E-state index is 1.17. The zero-order chi connectivity index (χ0) is 34.3. The molecule has 0 saturated heterocycles. The van der Waals surface area contributed by atoms with Crippen LogP contribution in [-0.4, -0.2) is 13.7 Å². The third-order valence-electron chi connectivity index (χ3n) is 11.0. The van der Waals surface area contributed by atoms with Gasteiger partial charge in [0.1, 0.15) is 0 Å². The van der Waals surface area contributed by atoms with Crippen molar-refractivity contribution in [2.24, 2.45) is 7.05 Å². The Morgan fingerprint density at radius 2 is 0.788 bits per heavy atom. The van der Waals surface area contributed by atoms with Crippen molar-refractivity contribution < 1.29 is 0 Å². The Labute approximate surface area is 300 Å². The van der Waals surface area contributed by atoms with Gasteiger partial charge >= 0.3 is 0 Å². The van der Waals surface area contributed by atoms with Gasteiger partial charge in [0.05, 0.1) is 27.6 Å². The fourth-order valence-electron chi connectivity index (χ4n) is 8.70. The molecule has 0 saturated carbocycles. The van der Waals surface area contributed by atoms with Crippen molar-refractivity contribution in [2.45, 2.75) is 0 Å². The fourth-order valence-corrected chi connectivity index (χ4v) is 8.70. The minimum Gasteiger partial charge on any atom is -0.343 e. The maximum Gasteiger partial charge on any atom is 0.0568 e. The number of fused-ring (bicyclic) bond motifs is 9. The van der Waals surface area contributed by atoms with Gasteiger partial charge in [-0.1, -0.05) is 115 Å². The molecular weight excluding hydrogens is 631 g/mol. The quantitative estimate of drug-likeness (QED) is 0.178. The summed E-state index contributed by atoms with van der Waals surface area (Å²) >= 11 is 0. The molecule has 3 heterocycles. The van der Waals surface area contributed by atoms with Gasteiger partial charge in [0.2, 0.25) is 0 Å². The van der Waals surface area contributed by atoms with Crippen molar-refractivity contribution >= 4 is 65.4 Å². The molecule has 3 aromatic heterocycles. The molecule has 0 radical (unpaired) electrons. The van der Waals surface area contributed by atoms with Crippen LogP contribution in [0.4, 0.5) is 0 Å². The highest BCUT2D eigenvalue weighted by atomic mass is 15.0. The second-order valence-corrected chi connectivity index (χ2v) is 13.8. The van der Waals surface area contributed by atoms with Crippen LogP contribution in [0.2, 0.25) is 0 Å². The summed E-state index contributed by atoms with van der Waals surface area (Å²) in [6, 6.07) is 66.5. The number of rotatable bonds is 4. The van der Waals surface area contributed by atoms with Crippen LogP contribution in [0.15, 0.2) is 182 Å². The monoisotopic (exact) mass is 663 g/mol. The lowest BCUT2D eigenvalue weighted by atomic mass is 9.98. The molecule has 0 spiro atoms. The van der Waals surface area contributed by atoms with E-state index in [9.17, 15) is 0 Å². The molecule has 0 atom stereocenters. The Hall–Kier alpha value is -6.84. The van der Waals surface area contributed by atoms with Gasteiger partial charge in [0, 0.05) is 61.8 Å². The van der Waals surface area contributed by atoms with Gasteiger partial charge in [-0.3, -0.25) is 0 Å². The van der Waals surface area contributed by atoms with Crippen LogP contribution < -0.4 is 0 Å². The molecule has 8 aromatic carbocycles. The normalized spacial score (nSPS) is 11.9. The Balaban J connectivity index is 1.08. The summed E-state index contributed by atoms with van der Waals surface area (Å²) in [5.74, 6) is 0. The third kappa shape index (κ3) is 4.14. The fraction of sp³-hybridized carbons (Fsp3) is 0.0204. The van der Waals surface area contributed by atoms with Crippen molar-refractivity contribution in [3.05, 3.63) is 182 Å². The molecule has 0 aliphatic carbocycles. The zero-order valence-corrected chi connectivity index (χ0v) is 28.7. The summed E-state index contributed by atoms with van der Waals surface area (Å²) in [5.41, 5.74) is 14.6. The first kappa shape index (κ1) is 28.9. The Bertz CT molecular complexity index is 3180. The average molecular weight is 664 g/mol. The van der Waals surface area contributed by atoms with Crippen molar-refractivity contribution in [3.63, 3.8) is 0 Å². The molecule has 244 valence electrons. The Kier molecular flexibility index (Phi) is 6.17. The lowest BCUT2D eigenvalue weighted by Gasteiger charge is -2.09. The first-order chi connectivity index (χ1) is 25.7. The number of aryl methyl sites for hydroxylation is 1. The molecule has 0 N–H and O–H groups in total. The number of para-hydroxylation sites is 5. The first-order valence-electron chi connectivity index (χ1n) is 17.9. The van der Waals surface area contributed by atoms with Crippen LogP contribution in [0.1, 0.15) is 0 Å². The third-order valence-corrected chi connectivity index (χ3v) is 11.0. The van der Waals surface area contributed by atoms with E-state index in [-0.39, 0.29) is 0 Å². The highest BCUT2D eigenvalue weighted by Crippen LogP contribution is 2.41. The molecule has 0 aliphatic heterocycles. The summed E-state index contributed by atoms with van der Waals surface area (Å²) in [7, 11) is 2.21. The van der Waals surface area contributed by atoms with E-state index in [0.29, 0.717) is 0 Å². The lowest BCUT2D eigenvalue weighted by Crippen LogP contribution is -1.93. The van der Waals surface area contributed by atoms with Gasteiger partial charge in [0.25, 0.3) is 0 Å². The van der Waals surface area contributed by atoms with E-state index >= 15 is 0 Å². The van der Waals surface area contributed by atoms with Gasteiger partial charge in [-0.05, 0) is 83.4 Å². The lowest BCUT2D eigenvalue weighted by molar-refractivity contribution is 1.02. The second-order valence-electron chi connectivity index (χ2n) is 13.8. The predicted molar refractivity (Wildman–Crippen MR) is 220 cm³/mol. The molecule has 0 aliphatic rings. The topological polar surface area (TPSA) is 14.8 Å². The first-order valence-corrected chi connectivity index (χ1v) is 17.9. The zero-order valence-electron chi connectivity index (χ0n) is 28.7. The molecule has 3 nitrogen and oxygen atoms in total. The van der Waals surface area contributed by atoms with E-state index in [1.807, 2.05) is 0 Å². The number of hydrogen-bond acceptors (Lipinski definition) is 0. The predicted octanol–water partition coefficient (Wildman–Crippen LogP) is 12.9. The molecular formula is C49H33N3. The molecule has 0 fully saturated rings. The largest absolute Gasteiger partial charge is 0.343 e. The van der Waals surface area contributed by atoms with E-state index < -0.39 is 0 Å². The highest BCUT2D eigenvalue weighted by molar-refractivity contribution is 6.16. The molecule has 3 heteroatoms. The van der Waals surface area contributed by atoms with Crippen LogP contribution >= 0.6 is 0 Å². The molecule has 0 unspecified atom stereocenters. The van der Waals surface area contributed by atoms with Crippen LogP contribution in [0.5, 0.6) is 0 Å². The molecule has 11 rings (SSSR count). The molecule has 0 bridgehead atoms. The highest BCUT2D eigenvalue weighted by Gasteiger charge is 2.18. The van der Waals surface area contributed by atoms with E-state index in [1.165, 1.54) is 99.0 Å². The summed E-state index contributed by atoms with van der Waals surface area (Å²) in [6.07, 6.45) is 0. The van der Waals surface area contributed by atoms with Gasteiger partial charge in [-0.2, -0.15) is 0 Å². The number of nitrogens with zero attached hydrogens (tertiary/aromatic N) is 3. The van der Waals surface area contributed by atoms with Crippen LogP contribution in [0, 0.1) is 0 Å². The van der Waals surface area contributed by atoms with E-state index in [2.05, 4.69) is 203 Å². The summed E-state index contributed by atoms with van der Waals surface area (Å²) in [5, 5.41) is 7.60. The van der Waals surface area contributed by atoms with Crippen LogP contribution in [0.3, 0.4) is 0 Å². The molecule has 0 amide bonds. The van der Waals surface area contributed by atoms with Crippen molar-refractivity contribution in [1.82, 2.24) is 13.7 Å². The van der Waals surface area contributed by atoms with Gasteiger partial charge in [-0.25, -0.2) is 0 Å². The maximum atomic E-state index is 2.39. The number of benzene rings is 8. The number of hydrogen-bond donors (Lipinski definition) is 0. The van der Waals surface area contributed by atoms with Crippen molar-refractivity contribution in [1.29, 1.82) is 0 Å². The smallest absolute Gasteiger partial charge is 0.0568 e. The Morgan fingerprint density at radius 3 is 1.52 bits per heavy atom. The van der Waals surface area contributed by atoms with Crippen LogP contribution in [-0.2, 0) is 7.05 Å². The SMILES string of the molecule is Cn1c2ccc(-c3ccc4c5ccccc5n(-c5ccccc5)c4c3)cc2c2cccc(-c3ccc4c(c3)c3ccccc3n4-c3ccccc3)c21. The summed E-state index contributed by atoms with van der Waals surface area (Å²) in [4.78, 5) is 0. The second kappa shape index (κ2) is 11.1. The standard InChI is InChI=1S/C49H33N3/c1-50-44-27-24-32(33-23-26-40-38-17-8-10-21-45(38)52(48(40)31-33)36-15-6-3-7-16-36)29-43(44)41-20-12-19-37(49(41)50)34-25-28-47-42(30-34)39-18-9-11-22-46(39)51(47)35-13-4-2-5-14-35/h2-31H,1H3. The van der Waals surface area contributed by atoms with Crippen molar-refractivity contribution in [2.75, 3.05) is 0 Å². The number of aromatic nitrogens is 3. The van der Waals surface area contributed by atoms with E-state index in [0.717, 1.165) is 0 Å². The van der Waals surface area contributed by atoms with Crippen LogP contribution in [0.25, 0.3) is 99.0 Å². The Morgan fingerprint density at radius 1 is 0.308 bits per heavy atom. The van der Waals surface area contributed by atoms with Gasteiger partial charge in [-0.15, -0.1) is 0 Å². The van der Waals surface area contributed by atoms with Gasteiger partial charge in [0.15, 0.2) is 0 Å². The van der Waals surface area contributed by atoms with Crippen molar-refractivity contribution in [3.8, 4) is 33.6 Å². The maximum absolute atomic E-state index is 2.39. The molecule has 11 aromatic rings. The molecule has 52 heavy (non-hydrogen) atoms. The average Bonchev–Trinajstić information content (AvgIpc) is 3.83. The van der Waals surface area contributed by atoms with E-state index in [1.54, 1.807) is 0 Å². The minimum atomic E-state index is 1.17. The summed E-state index contributed by atoms with van der Waals surface area (Å²) in [6.45, 7) is 0. The van der Waals surface area contributed by atoms with E-state index in [4.69, 9.17) is 0 Å². The summed E-state index contributed by atoms with van der Waals surface area (Å²) < 4.78 is 7.15. The van der Waals surface area contributed by atoms with Gasteiger partial charge < -0.3 is 13.7 Å².